The topological polar surface area (TPSA) is 96.0 Å². The normalized spacial score (nSPS) is 12.3. The Kier molecular flexibility index (Phi) is 5.02. The Balaban J connectivity index is 1.91. The smallest absolute Gasteiger partial charge is 0.280 e. The van der Waals surface area contributed by atoms with Crippen LogP contribution >= 0.6 is 0 Å². The van der Waals surface area contributed by atoms with Crippen LogP contribution < -0.4 is 26.2 Å². The van der Waals surface area contributed by atoms with Gasteiger partial charge in [-0.1, -0.05) is 24.3 Å². The van der Waals surface area contributed by atoms with E-state index in [-0.39, 0.29) is 10.5 Å². The van der Waals surface area contributed by atoms with E-state index in [2.05, 4.69) is 21.7 Å². The summed E-state index contributed by atoms with van der Waals surface area (Å²) in [7, 11) is -2.13. The van der Waals surface area contributed by atoms with Crippen molar-refractivity contribution >= 4 is 28.5 Å². The highest BCUT2D eigenvalue weighted by Crippen LogP contribution is 2.13. The molecule has 140 valence electrons. The van der Waals surface area contributed by atoms with E-state index in [9.17, 15) is 13.2 Å². The van der Waals surface area contributed by atoms with Gasteiger partial charge in [0, 0.05) is 11.9 Å². The molecule has 0 aliphatic rings. The summed E-state index contributed by atoms with van der Waals surface area (Å²) in [5.41, 5.74) is 2.24. The fourth-order valence-electron chi connectivity index (χ4n) is 2.52. The predicted octanol–water partition coefficient (Wildman–Crippen LogP) is 0.643. The molecule has 3 aromatic rings. The molecule has 0 bridgehead atoms. The van der Waals surface area contributed by atoms with Gasteiger partial charge in [-0.15, -0.1) is 0 Å². The maximum absolute atomic E-state index is 12.7. The summed E-state index contributed by atoms with van der Waals surface area (Å²) in [6.45, 7) is 5.86. The summed E-state index contributed by atoms with van der Waals surface area (Å²) in [5.74, 6) is 0. The first-order valence-corrected chi connectivity index (χ1v) is 9.67. The number of hydrogen-bond acceptors (Lipinski definition) is 4. The van der Waals surface area contributed by atoms with Crippen LogP contribution in [0.4, 0.5) is 5.69 Å². The van der Waals surface area contributed by atoms with Crippen LogP contribution in [-0.2, 0) is 10.0 Å². The Morgan fingerprint density at radius 3 is 2.30 bits per heavy atom. The van der Waals surface area contributed by atoms with Crippen LogP contribution in [0, 0.1) is 6.92 Å². The Morgan fingerprint density at radius 2 is 1.70 bits per heavy atom. The average Bonchev–Trinajstić information content (AvgIpc) is 2.95. The van der Waals surface area contributed by atoms with E-state index in [4.69, 9.17) is 0 Å². The van der Waals surface area contributed by atoms with Crippen molar-refractivity contribution in [2.45, 2.75) is 11.8 Å². The number of hydrogen-bond donors (Lipinski definition) is 3. The van der Waals surface area contributed by atoms with Gasteiger partial charge in [0.1, 0.15) is 0 Å². The summed E-state index contributed by atoms with van der Waals surface area (Å²) < 4.78 is 27.2. The standard InChI is InChI=1S/C19H20N4O3S/c1-13-4-8-16(9-5-13)23-19(24)18(14(2)22-23)12-21-15-6-10-17(11-7-15)27(25,26)20-3/h4-12,20-22H,2H2,1,3H3. The van der Waals surface area contributed by atoms with Crippen molar-refractivity contribution < 1.29 is 8.42 Å². The Morgan fingerprint density at radius 1 is 1.07 bits per heavy atom. The first-order valence-electron chi connectivity index (χ1n) is 8.19. The van der Waals surface area contributed by atoms with Gasteiger partial charge in [0.15, 0.2) is 0 Å². The van der Waals surface area contributed by atoms with Gasteiger partial charge < -0.3 is 5.32 Å². The Labute approximate surface area is 156 Å². The van der Waals surface area contributed by atoms with Gasteiger partial charge in [0.2, 0.25) is 10.0 Å². The minimum atomic E-state index is -3.48. The van der Waals surface area contributed by atoms with E-state index in [0.29, 0.717) is 16.3 Å². The maximum atomic E-state index is 12.7. The van der Waals surface area contributed by atoms with Crippen LogP contribution in [0.5, 0.6) is 0 Å². The van der Waals surface area contributed by atoms with Crippen LogP contribution in [0.25, 0.3) is 18.5 Å². The lowest BCUT2D eigenvalue weighted by Gasteiger charge is -2.04. The number of anilines is 1. The summed E-state index contributed by atoms with van der Waals surface area (Å²) in [6.07, 6.45) is 1.55. The zero-order valence-electron chi connectivity index (χ0n) is 15.0. The van der Waals surface area contributed by atoms with Crippen LogP contribution in [0.1, 0.15) is 5.56 Å². The van der Waals surface area contributed by atoms with Gasteiger partial charge >= 0.3 is 0 Å². The van der Waals surface area contributed by atoms with Gasteiger partial charge in [-0.05, 0) is 50.4 Å². The summed E-state index contributed by atoms with van der Waals surface area (Å²) in [6, 6.07) is 13.8. The molecule has 3 N–H and O–H groups in total. The number of H-pyrrole nitrogens is 1. The van der Waals surface area contributed by atoms with Crippen LogP contribution in [0.15, 0.2) is 58.2 Å². The second-order valence-electron chi connectivity index (χ2n) is 6.00. The van der Waals surface area contributed by atoms with Gasteiger partial charge in [-0.2, -0.15) is 0 Å². The molecule has 0 aliphatic heterocycles. The van der Waals surface area contributed by atoms with Crippen LogP contribution in [0.2, 0.25) is 0 Å². The molecule has 0 atom stereocenters. The number of nitrogens with zero attached hydrogens (tertiary/aromatic N) is 1. The van der Waals surface area contributed by atoms with Crippen LogP contribution in [0.3, 0.4) is 0 Å². The molecule has 0 aliphatic carbocycles. The number of aromatic amines is 1. The quantitative estimate of drug-likeness (QED) is 0.602. The molecule has 8 heteroatoms. The van der Waals surface area contributed by atoms with E-state index < -0.39 is 10.0 Å². The lowest BCUT2D eigenvalue weighted by Crippen LogP contribution is -2.34. The van der Waals surface area contributed by atoms with Crippen molar-refractivity contribution in [2.75, 3.05) is 12.4 Å². The minimum absolute atomic E-state index is 0.164. The molecule has 0 spiro atoms. The van der Waals surface area contributed by atoms with Crippen molar-refractivity contribution in [1.82, 2.24) is 14.5 Å². The second kappa shape index (κ2) is 7.26. The summed E-state index contributed by atoms with van der Waals surface area (Å²) >= 11 is 0. The van der Waals surface area contributed by atoms with E-state index in [1.165, 1.54) is 23.9 Å². The third-order valence-corrected chi connectivity index (χ3v) is 5.54. The highest BCUT2D eigenvalue weighted by atomic mass is 32.2. The first kappa shape index (κ1) is 18.7. The largest absolute Gasteiger partial charge is 0.361 e. The van der Waals surface area contributed by atoms with E-state index in [0.717, 1.165) is 11.3 Å². The lowest BCUT2D eigenvalue weighted by atomic mass is 10.2. The highest BCUT2D eigenvalue weighted by Gasteiger charge is 2.10. The molecular weight excluding hydrogens is 364 g/mol. The van der Waals surface area contributed by atoms with E-state index in [1.54, 1.807) is 18.3 Å². The van der Waals surface area contributed by atoms with Crippen molar-refractivity contribution in [3.8, 4) is 5.69 Å². The molecule has 0 fully saturated rings. The van der Waals surface area contributed by atoms with Crippen molar-refractivity contribution in [3.63, 3.8) is 0 Å². The number of aryl methyl sites for hydroxylation is 1. The van der Waals surface area contributed by atoms with E-state index in [1.807, 2.05) is 31.2 Å². The molecule has 7 nitrogen and oxygen atoms in total. The molecule has 3 rings (SSSR count). The van der Waals surface area contributed by atoms with Crippen molar-refractivity contribution in [3.05, 3.63) is 75.0 Å². The molecule has 0 radical (unpaired) electrons. The number of aromatic nitrogens is 2. The Bertz CT molecular complexity index is 1220. The number of benzene rings is 2. The highest BCUT2D eigenvalue weighted by molar-refractivity contribution is 7.89. The summed E-state index contributed by atoms with van der Waals surface area (Å²) in [4.78, 5) is 12.8. The van der Waals surface area contributed by atoms with Gasteiger partial charge in [0.05, 0.1) is 21.2 Å². The molecule has 0 saturated carbocycles. The van der Waals surface area contributed by atoms with Crippen molar-refractivity contribution in [1.29, 1.82) is 0 Å². The van der Waals surface area contributed by atoms with E-state index >= 15 is 0 Å². The molecule has 0 amide bonds. The molecule has 0 saturated heterocycles. The molecule has 0 unspecified atom stereocenters. The average molecular weight is 384 g/mol. The summed E-state index contributed by atoms with van der Waals surface area (Å²) in [5, 5.41) is 6.82. The number of sulfonamides is 1. The van der Waals surface area contributed by atoms with Gasteiger partial charge in [-0.25, -0.2) is 17.8 Å². The SMILES string of the molecule is C=c1[nH]n(-c2ccc(C)cc2)c(=O)c1=CNc1ccc(S(=O)(=O)NC)cc1. The van der Waals surface area contributed by atoms with Gasteiger partial charge in [-0.3, -0.25) is 9.89 Å². The number of rotatable bonds is 5. The van der Waals surface area contributed by atoms with Gasteiger partial charge in [0.25, 0.3) is 5.56 Å². The van der Waals surface area contributed by atoms with Crippen molar-refractivity contribution in [2.24, 2.45) is 0 Å². The first-order chi connectivity index (χ1) is 12.8. The Hall–Kier alpha value is -3.10. The second-order valence-corrected chi connectivity index (χ2v) is 7.89. The predicted molar refractivity (Wildman–Crippen MR) is 107 cm³/mol. The molecule has 2 aromatic carbocycles. The fraction of sp³-hybridized carbons (Fsp3) is 0.105. The molecule has 1 aromatic heterocycles. The zero-order valence-corrected chi connectivity index (χ0v) is 15.8. The molecule has 27 heavy (non-hydrogen) atoms. The third-order valence-electron chi connectivity index (χ3n) is 4.11. The lowest BCUT2D eigenvalue weighted by molar-refractivity contribution is 0.588. The zero-order chi connectivity index (χ0) is 19.6. The molecular formula is C19H20N4O3S. The monoisotopic (exact) mass is 384 g/mol. The fourth-order valence-corrected chi connectivity index (χ4v) is 3.25. The molecule has 1 heterocycles. The minimum Gasteiger partial charge on any atom is -0.361 e. The third kappa shape index (κ3) is 3.86. The van der Waals surface area contributed by atoms with Crippen LogP contribution in [-0.4, -0.2) is 25.2 Å². The number of nitrogens with one attached hydrogen (secondary N) is 3. The maximum Gasteiger partial charge on any atom is 0.280 e.